The first-order valence-electron chi connectivity index (χ1n) is 7.29. The summed E-state index contributed by atoms with van der Waals surface area (Å²) in [5, 5.41) is 0. The summed E-state index contributed by atoms with van der Waals surface area (Å²) >= 11 is 0. The maximum Gasteiger partial charge on any atom is 0.124 e. The zero-order valence-corrected chi connectivity index (χ0v) is 12.3. The summed E-state index contributed by atoms with van der Waals surface area (Å²) in [6.07, 6.45) is 1.22. The summed E-state index contributed by atoms with van der Waals surface area (Å²) in [4.78, 5) is 2.40. The summed E-state index contributed by atoms with van der Waals surface area (Å²) in [6.45, 7) is 7.87. The van der Waals surface area contributed by atoms with Gasteiger partial charge in [-0.25, -0.2) is 4.39 Å². The van der Waals surface area contributed by atoms with Gasteiger partial charge in [0.25, 0.3) is 0 Å². The van der Waals surface area contributed by atoms with Crippen molar-refractivity contribution in [2.24, 2.45) is 17.6 Å². The van der Waals surface area contributed by atoms with Gasteiger partial charge in [0, 0.05) is 18.7 Å². The van der Waals surface area contributed by atoms with Crippen LogP contribution in [0.15, 0.2) is 18.2 Å². The zero-order chi connectivity index (χ0) is 14.5. The van der Waals surface area contributed by atoms with Crippen LogP contribution in [0.3, 0.4) is 0 Å². The highest BCUT2D eigenvalue weighted by Crippen LogP contribution is 2.24. The van der Waals surface area contributed by atoms with Crippen LogP contribution in [0.1, 0.15) is 31.4 Å². The topological polar surface area (TPSA) is 29.3 Å². The molecule has 0 aromatic heterocycles. The number of nitrogens with two attached hydrogens (primary N) is 1. The minimum Gasteiger partial charge on any atom is -0.320 e. The first kappa shape index (κ1) is 15.0. The summed E-state index contributed by atoms with van der Waals surface area (Å²) in [7, 11) is 0. The fourth-order valence-corrected chi connectivity index (χ4v) is 2.72. The number of hydrogen-bond donors (Lipinski definition) is 1. The van der Waals surface area contributed by atoms with Gasteiger partial charge in [-0.2, -0.15) is 0 Å². The monoisotopic (exact) mass is 274 g/mol. The van der Waals surface area contributed by atoms with Crippen molar-refractivity contribution in [3.8, 4) is 11.8 Å². The van der Waals surface area contributed by atoms with E-state index >= 15 is 0 Å². The second-order valence-electron chi connectivity index (χ2n) is 5.83. The summed E-state index contributed by atoms with van der Waals surface area (Å²) in [5.41, 5.74) is 7.06. The Bertz CT molecular complexity index is 515. The molecule has 2 N–H and O–H groups in total. The molecule has 1 aromatic carbocycles. The molecule has 1 heterocycles. The van der Waals surface area contributed by atoms with Crippen molar-refractivity contribution in [1.29, 1.82) is 0 Å². The van der Waals surface area contributed by atoms with E-state index in [0.29, 0.717) is 18.0 Å². The molecule has 108 valence electrons. The molecule has 0 spiro atoms. The Morgan fingerprint density at radius 2 is 2.10 bits per heavy atom. The zero-order valence-electron chi connectivity index (χ0n) is 12.3. The lowest BCUT2D eigenvalue weighted by Gasteiger charge is -2.35. The van der Waals surface area contributed by atoms with Crippen molar-refractivity contribution in [2.75, 3.05) is 19.6 Å². The molecular weight excluding hydrogens is 251 g/mol. The molecule has 2 atom stereocenters. The number of likely N-dealkylation sites (tertiary alicyclic amines) is 1. The molecule has 3 heteroatoms. The lowest BCUT2D eigenvalue weighted by Crippen LogP contribution is -2.37. The maximum absolute atomic E-state index is 13.6. The van der Waals surface area contributed by atoms with Crippen LogP contribution < -0.4 is 5.73 Å². The highest BCUT2D eigenvalue weighted by atomic mass is 19.1. The molecule has 0 bridgehead atoms. The minimum atomic E-state index is -0.220. The molecule has 2 nitrogen and oxygen atoms in total. The third-order valence-corrected chi connectivity index (χ3v) is 4.12. The van der Waals surface area contributed by atoms with Crippen LogP contribution in [-0.2, 0) is 6.54 Å². The summed E-state index contributed by atoms with van der Waals surface area (Å²) < 4.78 is 13.6. The molecule has 20 heavy (non-hydrogen) atoms. The lowest BCUT2D eigenvalue weighted by molar-refractivity contribution is 0.132. The molecule has 1 saturated heterocycles. The van der Waals surface area contributed by atoms with Gasteiger partial charge in [-0.15, -0.1) is 0 Å². The van der Waals surface area contributed by atoms with Gasteiger partial charge in [0.1, 0.15) is 5.82 Å². The Morgan fingerprint density at radius 3 is 2.80 bits per heavy atom. The van der Waals surface area contributed by atoms with Gasteiger partial charge < -0.3 is 5.73 Å². The number of nitrogens with zero attached hydrogens (tertiary/aromatic N) is 1. The van der Waals surface area contributed by atoms with Gasteiger partial charge in [-0.05, 0) is 48.6 Å². The second kappa shape index (κ2) is 6.88. The van der Waals surface area contributed by atoms with Gasteiger partial charge in [0.05, 0.1) is 6.54 Å². The van der Waals surface area contributed by atoms with Crippen LogP contribution >= 0.6 is 0 Å². The Labute approximate surface area is 121 Å². The Morgan fingerprint density at radius 1 is 1.30 bits per heavy atom. The van der Waals surface area contributed by atoms with Gasteiger partial charge in [-0.3, -0.25) is 4.90 Å². The average molecular weight is 274 g/mol. The van der Waals surface area contributed by atoms with E-state index in [1.54, 1.807) is 6.07 Å². The predicted molar refractivity (Wildman–Crippen MR) is 80.6 cm³/mol. The van der Waals surface area contributed by atoms with Gasteiger partial charge >= 0.3 is 0 Å². The molecule has 1 aliphatic rings. The quantitative estimate of drug-likeness (QED) is 0.840. The van der Waals surface area contributed by atoms with Crippen molar-refractivity contribution in [2.45, 2.75) is 26.8 Å². The molecule has 1 aromatic rings. The van der Waals surface area contributed by atoms with Gasteiger partial charge in [0.2, 0.25) is 0 Å². The fraction of sp³-hybridized carbons (Fsp3) is 0.529. The molecule has 0 saturated carbocycles. The fourth-order valence-electron chi connectivity index (χ4n) is 2.72. The van der Waals surface area contributed by atoms with Crippen molar-refractivity contribution < 1.29 is 4.39 Å². The van der Waals surface area contributed by atoms with Crippen LogP contribution in [0.5, 0.6) is 0 Å². The first-order valence-corrected chi connectivity index (χ1v) is 7.29. The molecule has 0 amide bonds. The molecule has 0 radical (unpaired) electrons. The van der Waals surface area contributed by atoms with E-state index in [2.05, 4.69) is 30.6 Å². The third-order valence-electron chi connectivity index (χ3n) is 4.12. The van der Waals surface area contributed by atoms with E-state index in [1.165, 1.54) is 12.5 Å². The molecule has 2 unspecified atom stereocenters. The van der Waals surface area contributed by atoms with Crippen molar-refractivity contribution in [3.63, 3.8) is 0 Å². The number of piperidine rings is 1. The van der Waals surface area contributed by atoms with Crippen LogP contribution in [0.25, 0.3) is 0 Å². The van der Waals surface area contributed by atoms with Crippen molar-refractivity contribution >= 4 is 0 Å². The summed E-state index contributed by atoms with van der Waals surface area (Å²) in [6, 6.07) is 5.04. The van der Waals surface area contributed by atoms with Gasteiger partial charge in [0.15, 0.2) is 0 Å². The molecule has 2 rings (SSSR count). The average Bonchev–Trinajstić information content (AvgIpc) is 2.40. The number of rotatable bonds is 2. The minimum absolute atomic E-state index is 0.220. The van der Waals surface area contributed by atoms with Gasteiger partial charge in [-0.1, -0.05) is 25.7 Å². The highest BCUT2D eigenvalue weighted by molar-refractivity contribution is 5.38. The maximum atomic E-state index is 13.6. The molecular formula is C17H23FN2. The standard InChI is InChI=1S/C17H23FN2/c1-13-5-7-20(11-14(13)2)12-16-8-15(4-3-6-19)9-17(18)10-16/h8-10,13-14H,5-7,11-12,19H2,1-2H3. The van der Waals surface area contributed by atoms with E-state index in [9.17, 15) is 4.39 Å². The summed E-state index contributed by atoms with van der Waals surface area (Å²) in [5.74, 6) is 6.94. The molecule has 0 aliphatic carbocycles. The molecule has 1 fully saturated rings. The van der Waals surface area contributed by atoms with E-state index in [4.69, 9.17) is 5.73 Å². The van der Waals surface area contributed by atoms with Crippen LogP contribution in [0, 0.1) is 29.5 Å². The number of hydrogen-bond acceptors (Lipinski definition) is 2. The van der Waals surface area contributed by atoms with E-state index in [1.807, 2.05) is 6.07 Å². The predicted octanol–water partition coefficient (Wildman–Crippen LogP) is 2.61. The molecule has 1 aliphatic heterocycles. The first-order chi connectivity index (χ1) is 9.58. The van der Waals surface area contributed by atoms with Crippen LogP contribution in [0.2, 0.25) is 0 Å². The Hall–Kier alpha value is -1.37. The van der Waals surface area contributed by atoms with E-state index in [-0.39, 0.29) is 5.82 Å². The third kappa shape index (κ3) is 4.06. The Kier molecular flexibility index (Phi) is 5.17. The van der Waals surface area contributed by atoms with E-state index in [0.717, 1.165) is 31.1 Å². The van der Waals surface area contributed by atoms with Crippen LogP contribution in [-0.4, -0.2) is 24.5 Å². The lowest BCUT2D eigenvalue weighted by atomic mass is 9.88. The Balaban J connectivity index is 2.07. The SMILES string of the molecule is CC1CCN(Cc2cc(F)cc(C#CCN)c2)CC1C. The smallest absolute Gasteiger partial charge is 0.124 e. The largest absolute Gasteiger partial charge is 0.320 e. The number of halogens is 1. The second-order valence-corrected chi connectivity index (χ2v) is 5.83. The highest BCUT2D eigenvalue weighted by Gasteiger charge is 2.22. The van der Waals surface area contributed by atoms with Crippen LogP contribution in [0.4, 0.5) is 4.39 Å². The van der Waals surface area contributed by atoms with Crippen molar-refractivity contribution in [3.05, 3.63) is 35.1 Å². The number of benzene rings is 1. The normalized spacial score (nSPS) is 23.2. The van der Waals surface area contributed by atoms with E-state index < -0.39 is 0 Å². The van der Waals surface area contributed by atoms with Crippen molar-refractivity contribution in [1.82, 2.24) is 4.90 Å².